The Labute approximate surface area is 194 Å². The third-order valence-electron chi connectivity index (χ3n) is 5.17. The van der Waals surface area contributed by atoms with Crippen LogP contribution in [0.5, 0.6) is 5.75 Å². The molecule has 0 aliphatic rings. The van der Waals surface area contributed by atoms with E-state index in [1.54, 1.807) is 30.6 Å². The Morgan fingerprint density at radius 2 is 1.59 bits per heavy atom. The number of nitrogens with zero attached hydrogens (tertiary/aromatic N) is 3. The maximum Gasteiger partial charge on any atom is 0.243 e. The van der Waals surface area contributed by atoms with Crippen LogP contribution in [0.2, 0.25) is 0 Å². The first-order chi connectivity index (χ1) is 15.1. The lowest BCUT2D eigenvalue weighted by Crippen LogP contribution is -2.31. The molecule has 0 bridgehead atoms. The molecule has 2 aromatic carbocycles. The summed E-state index contributed by atoms with van der Waals surface area (Å²) in [7, 11) is -1.84. The normalized spacial score (nSPS) is 13.0. The van der Waals surface area contributed by atoms with Crippen LogP contribution in [0, 0.1) is 0 Å². The molecule has 0 aliphatic carbocycles. The molecule has 0 N–H and O–H groups in total. The van der Waals surface area contributed by atoms with Crippen LogP contribution in [0.15, 0.2) is 63.8 Å². The molecule has 0 radical (unpaired) electrons. The number of methoxy groups -OCH3 is 1. The molecule has 0 saturated carbocycles. The molecule has 0 fully saturated rings. The van der Waals surface area contributed by atoms with E-state index in [0.717, 1.165) is 27.5 Å². The number of ether oxygens (including phenoxy) is 1. The van der Waals surface area contributed by atoms with Crippen molar-refractivity contribution in [2.75, 3.05) is 20.2 Å². The van der Waals surface area contributed by atoms with Gasteiger partial charge in [0.2, 0.25) is 10.0 Å². The standard InChI is InChI=1S/C24H31N3O3S2/c1-7-26(8-2)32(28,29)21-15-9-18(10-16-21)22-17-31-23(27(22)24(3,4)5)25-19-11-13-20(30-6)14-12-19/h9-17H,7-8H2,1-6H3. The first-order valence-corrected chi connectivity index (χ1v) is 12.9. The molecule has 0 saturated heterocycles. The first-order valence-electron chi connectivity index (χ1n) is 10.6. The average molecular weight is 474 g/mol. The highest BCUT2D eigenvalue weighted by Gasteiger charge is 2.23. The first kappa shape index (κ1) is 24.2. The van der Waals surface area contributed by atoms with Crippen LogP contribution in [0.4, 0.5) is 5.69 Å². The van der Waals surface area contributed by atoms with Gasteiger partial charge in [-0.2, -0.15) is 4.31 Å². The Kier molecular flexibility index (Phi) is 7.27. The van der Waals surface area contributed by atoms with Crippen LogP contribution in [0.3, 0.4) is 0 Å². The van der Waals surface area contributed by atoms with Gasteiger partial charge in [-0.15, -0.1) is 11.3 Å². The molecule has 3 aromatic rings. The van der Waals surface area contributed by atoms with E-state index >= 15 is 0 Å². The highest BCUT2D eigenvalue weighted by Crippen LogP contribution is 2.28. The van der Waals surface area contributed by atoms with Crippen molar-refractivity contribution in [2.45, 2.75) is 45.1 Å². The lowest BCUT2D eigenvalue weighted by atomic mass is 10.1. The minimum Gasteiger partial charge on any atom is -0.497 e. The Bertz CT molecular complexity index is 1210. The summed E-state index contributed by atoms with van der Waals surface area (Å²) in [6.45, 7) is 11.0. The molecular formula is C24H31N3O3S2. The fourth-order valence-corrected chi connectivity index (χ4v) is 6.07. The Balaban J connectivity index is 2.06. The van der Waals surface area contributed by atoms with Gasteiger partial charge in [-0.3, -0.25) is 0 Å². The number of hydrogen-bond acceptors (Lipinski definition) is 5. The second-order valence-corrected chi connectivity index (χ2v) is 11.1. The highest BCUT2D eigenvalue weighted by molar-refractivity contribution is 7.89. The van der Waals surface area contributed by atoms with E-state index in [2.05, 4.69) is 30.7 Å². The molecule has 172 valence electrons. The number of sulfonamides is 1. The van der Waals surface area contributed by atoms with Gasteiger partial charge in [0.1, 0.15) is 5.75 Å². The van der Waals surface area contributed by atoms with Gasteiger partial charge < -0.3 is 9.30 Å². The van der Waals surface area contributed by atoms with Crippen molar-refractivity contribution in [2.24, 2.45) is 4.99 Å². The summed E-state index contributed by atoms with van der Waals surface area (Å²) in [6.07, 6.45) is 0. The number of thiazole rings is 1. The van der Waals surface area contributed by atoms with E-state index in [1.807, 2.05) is 50.2 Å². The quantitative estimate of drug-likeness (QED) is 0.471. The molecule has 0 amide bonds. The summed E-state index contributed by atoms with van der Waals surface area (Å²) in [5, 5.41) is 2.07. The number of aromatic nitrogens is 1. The third-order valence-corrected chi connectivity index (χ3v) is 8.06. The lowest BCUT2D eigenvalue weighted by Gasteiger charge is -2.24. The molecule has 0 aliphatic heterocycles. The summed E-state index contributed by atoms with van der Waals surface area (Å²) in [4.78, 5) is 6.04. The second-order valence-electron chi connectivity index (χ2n) is 8.33. The topological polar surface area (TPSA) is 63.9 Å². The van der Waals surface area contributed by atoms with Crippen LogP contribution in [0.25, 0.3) is 11.3 Å². The van der Waals surface area contributed by atoms with Gasteiger partial charge >= 0.3 is 0 Å². The van der Waals surface area contributed by atoms with Crippen molar-refractivity contribution in [3.8, 4) is 17.0 Å². The van der Waals surface area contributed by atoms with Crippen molar-refractivity contribution < 1.29 is 13.2 Å². The van der Waals surface area contributed by atoms with Crippen molar-refractivity contribution in [3.05, 3.63) is 58.7 Å². The zero-order chi connectivity index (χ0) is 23.5. The van der Waals surface area contributed by atoms with E-state index in [-0.39, 0.29) is 5.54 Å². The SMILES string of the molecule is CCN(CC)S(=O)(=O)c1ccc(-c2csc(=Nc3ccc(OC)cc3)n2C(C)(C)C)cc1. The molecule has 32 heavy (non-hydrogen) atoms. The maximum absolute atomic E-state index is 12.8. The fraction of sp³-hybridized carbons (Fsp3) is 0.375. The molecule has 0 unspecified atom stereocenters. The van der Waals surface area contributed by atoms with Gasteiger partial charge in [0.05, 0.1) is 23.4 Å². The Morgan fingerprint density at radius 3 is 2.09 bits per heavy atom. The summed E-state index contributed by atoms with van der Waals surface area (Å²) in [5.74, 6) is 0.791. The maximum atomic E-state index is 12.8. The largest absolute Gasteiger partial charge is 0.497 e. The molecule has 0 atom stereocenters. The van der Waals surface area contributed by atoms with Gasteiger partial charge in [0, 0.05) is 24.0 Å². The minimum atomic E-state index is -3.48. The summed E-state index contributed by atoms with van der Waals surface area (Å²) >= 11 is 1.56. The van der Waals surface area contributed by atoms with Crippen molar-refractivity contribution in [1.29, 1.82) is 0 Å². The van der Waals surface area contributed by atoms with E-state index in [0.29, 0.717) is 18.0 Å². The molecule has 1 heterocycles. The van der Waals surface area contributed by atoms with Crippen LogP contribution in [-0.2, 0) is 15.6 Å². The summed E-state index contributed by atoms with van der Waals surface area (Å²) in [5.41, 5.74) is 2.58. The number of rotatable bonds is 7. The van der Waals surface area contributed by atoms with Crippen LogP contribution >= 0.6 is 11.3 Å². The fourth-order valence-electron chi connectivity index (χ4n) is 3.52. The van der Waals surface area contributed by atoms with E-state index < -0.39 is 10.0 Å². The van der Waals surface area contributed by atoms with Crippen LogP contribution in [-0.4, -0.2) is 37.5 Å². The molecule has 1 aromatic heterocycles. The Morgan fingerprint density at radius 1 is 1.00 bits per heavy atom. The zero-order valence-corrected chi connectivity index (χ0v) is 21.1. The van der Waals surface area contributed by atoms with Crippen molar-refractivity contribution in [3.63, 3.8) is 0 Å². The van der Waals surface area contributed by atoms with E-state index in [9.17, 15) is 8.42 Å². The molecule has 3 rings (SSSR count). The van der Waals surface area contributed by atoms with Gasteiger partial charge in [-0.05, 0) is 62.7 Å². The lowest BCUT2D eigenvalue weighted by molar-refractivity contribution is 0.392. The molecule has 0 spiro atoms. The third kappa shape index (κ3) is 4.98. The zero-order valence-electron chi connectivity index (χ0n) is 19.5. The van der Waals surface area contributed by atoms with Gasteiger partial charge in [-0.1, -0.05) is 26.0 Å². The van der Waals surface area contributed by atoms with Crippen molar-refractivity contribution >= 4 is 27.0 Å². The molecule has 8 heteroatoms. The van der Waals surface area contributed by atoms with Crippen LogP contribution in [0.1, 0.15) is 34.6 Å². The minimum absolute atomic E-state index is 0.216. The van der Waals surface area contributed by atoms with E-state index in [4.69, 9.17) is 9.73 Å². The second kappa shape index (κ2) is 9.60. The van der Waals surface area contributed by atoms with Crippen LogP contribution < -0.4 is 9.54 Å². The van der Waals surface area contributed by atoms with Gasteiger partial charge in [0.15, 0.2) is 4.80 Å². The van der Waals surface area contributed by atoms with E-state index in [1.165, 1.54) is 4.31 Å². The average Bonchev–Trinajstić information content (AvgIpc) is 3.19. The van der Waals surface area contributed by atoms with Crippen molar-refractivity contribution in [1.82, 2.24) is 8.87 Å². The smallest absolute Gasteiger partial charge is 0.243 e. The molecular weight excluding hydrogens is 442 g/mol. The van der Waals surface area contributed by atoms with Gasteiger partial charge in [-0.25, -0.2) is 13.4 Å². The summed E-state index contributed by atoms with van der Waals surface area (Å²) < 4.78 is 34.5. The Hall–Kier alpha value is -2.42. The predicted octanol–water partition coefficient (Wildman–Crippen LogP) is 5.24. The number of benzene rings is 2. The number of hydrogen-bond donors (Lipinski definition) is 0. The molecule has 6 nitrogen and oxygen atoms in total. The summed E-state index contributed by atoms with van der Waals surface area (Å²) in [6, 6.07) is 14.8. The van der Waals surface area contributed by atoms with Gasteiger partial charge in [0.25, 0.3) is 0 Å². The monoisotopic (exact) mass is 473 g/mol. The predicted molar refractivity (Wildman–Crippen MR) is 131 cm³/mol. The highest BCUT2D eigenvalue weighted by atomic mass is 32.2.